The van der Waals surface area contributed by atoms with E-state index in [9.17, 15) is 9.59 Å². The predicted octanol–water partition coefficient (Wildman–Crippen LogP) is 3.71. The lowest BCUT2D eigenvalue weighted by atomic mass is 9.48. The molecule has 5 unspecified atom stereocenters. The Morgan fingerprint density at radius 2 is 1.96 bits per heavy atom. The van der Waals surface area contributed by atoms with Crippen LogP contribution in [0, 0.1) is 16.2 Å². The highest BCUT2D eigenvalue weighted by molar-refractivity contribution is 5.90. The number of ether oxygens (including phenoxy) is 2. The first-order valence-electron chi connectivity index (χ1n) is 8.96. The van der Waals surface area contributed by atoms with E-state index >= 15 is 0 Å². The second-order valence-corrected chi connectivity index (χ2v) is 8.54. The minimum absolute atomic E-state index is 0.171. The Hall–Kier alpha value is -2.04. The third kappa shape index (κ3) is 1.33. The molecule has 5 nitrogen and oxygen atoms in total. The lowest BCUT2D eigenvalue weighted by Gasteiger charge is -2.53. The summed E-state index contributed by atoms with van der Waals surface area (Å²) in [6.07, 6.45) is 6.25. The van der Waals surface area contributed by atoms with Gasteiger partial charge in [-0.3, -0.25) is 9.59 Å². The Kier molecular flexibility index (Phi) is 2.56. The van der Waals surface area contributed by atoms with Gasteiger partial charge in [0.15, 0.2) is 0 Å². The van der Waals surface area contributed by atoms with Gasteiger partial charge >= 0.3 is 11.9 Å². The van der Waals surface area contributed by atoms with Crippen molar-refractivity contribution < 1.29 is 23.5 Å². The Morgan fingerprint density at radius 1 is 1.16 bits per heavy atom. The molecule has 4 aliphatic rings. The molecule has 1 spiro atoms. The van der Waals surface area contributed by atoms with Gasteiger partial charge in [0.1, 0.15) is 17.1 Å². The van der Waals surface area contributed by atoms with Gasteiger partial charge in [0.25, 0.3) is 0 Å². The molecule has 1 aromatic heterocycles. The van der Waals surface area contributed by atoms with Crippen LogP contribution in [-0.4, -0.2) is 17.5 Å². The van der Waals surface area contributed by atoms with E-state index in [1.54, 1.807) is 12.5 Å². The monoisotopic (exact) mass is 342 g/mol. The first kappa shape index (κ1) is 15.2. The highest BCUT2D eigenvalue weighted by Crippen LogP contribution is 2.78. The maximum atomic E-state index is 13.2. The number of hydrogen-bond acceptors (Lipinski definition) is 5. The summed E-state index contributed by atoms with van der Waals surface area (Å²) in [6.45, 7) is 8.37. The lowest BCUT2D eigenvalue weighted by Crippen LogP contribution is -2.61. The summed E-state index contributed by atoms with van der Waals surface area (Å²) in [5.74, 6) is -0.469. The van der Waals surface area contributed by atoms with Gasteiger partial charge in [-0.25, -0.2) is 0 Å². The molecule has 2 bridgehead atoms. The van der Waals surface area contributed by atoms with E-state index in [4.69, 9.17) is 13.9 Å². The number of cyclic esters (lactones) is 1. The number of rotatable bonds is 1. The fourth-order valence-corrected chi connectivity index (χ4v) is 6.23. The standard InChI is InChI=1S/C20H22O5/c1-12-4-6-18(3)17(2)7-8-20(18,25-15(17)21)19(12)10-14(24-16(19)22)13-5-9-23-11-13/h5,9,11,14H,1,4,6-8,10H2,2-3H3. The molecule has 2 saturated heterocycles. The fraction of sp³-hybridized carbons (Fsp3) is 0.600. The van der Waals surface area contributed by atoms with E-state index in [1.165, 1.54) is 0 Å². The molecular weight excluding hydrogens is 320 g/mol. The summed E-state index contributed by atoms with van der Waals surface area (Å²) >= 11 is 0. The predicted molar refractivity (Wildman–Crippen MR) is 87.2 cm³/mol. The molecular formula is C20H22O5. The molecule has 1 aromatic rings. The Labute approximate surface area is 146 Å². The normalized spacial score (nSPS) is 47.9. The Bertz CT molecular complexity index is 810. The smallest absolute Gasteiger partial charge is 0.321 e. The van der Waals surface area contributed by atoms with Crippen molar-refractivity contribution >= 4 is 11.9 Å². The summed E-state index contributed by atoms with van der Waals surface area (Å²) in [4.78, 5) is 26.0. The zero-order valence-corrected chi connectivity index (χ0v) is 14.6. The molecule has 2 saturated carbocycles. The largest absolute Gasteiger partial charge is 0.472 e. The van der Waals surface area contributed by atoms with E-state index in [0.717, 1.165) is 30.4 Å². The van der Waals surface area contributed by atoms with Crippen LogP contribution in [-0.2, 0) is 19.1 Å². The number of carbonyl (C=O) groups is 2. The van der Waals surface area contributed by atoms with Crippen LogP contribution in [0.4, 0.5) is 0 Å². The van der Waals surface area contributed by atoms with Crippen LogP contribution in [0.25, 0.3) is 0 Å². The highest BCUT2D eigenvalue weighted by Gasteiger charge is 2.84. The topological polar surface area (TPSA) is 65.7 Å². The van der Waals surface area contributed by atoms with Gasteiger partial charge in [-0.2, -0.15) is 0 Å². The molecule has 4 fully saturated rings. The van der Waals surface area contributed by atoms with Crippen LogP contribution in [0.3, 0.4) is 0 Å². The van der Waals surface area contributed by atoms with Crippen LogP contribution in [0.15, 0.2) is 35.2 Å². The minimum atomic E-state index is -0.953. The van der Waals surface area contributed by atoms with Crippen molar-refractivity contribution in [2.45, 2.75) is 57.7 Å². The van der Waals surface area contributed by atoms with Crippen LogP contribution in [0.5, 0.6) is 0 Å². The number of carbonyl (C=O) groups excluding carboxylic acids is 2. The third-order valence-electron chi connectivity index (χ3n) is 8.03. The van der Waals surface area contributed by atoms with Gasteiger partial charge < -0.3 is 13.9 Å². The zero-order valence-electron chi connectivity index (χ0n) is 14.6. The Morgan fingerprint density at radius 3 is 2.64 bits per heavy atom. The van der Waals surface area contributed by atoms with Crippen molar-refractivity contribution in [1.82, 2.24) is 0 Å². The lowest BCUT2D eigenvalue weighted by molar-refractivity contribution is -0.185. The van der Waals surface area contributed by atoms with Crippen molar-refractivity contribution in [3.05, 3.63) is 36.3 Å². The van der Waals surface area contributed by atoms with Gasteiger partial charge in [-0.1, -0.05) is 19.1 Å². The quantitative estimate of drug-likeness (QED) is 0.575. The van der Waals surface area contributed by atoms with Crippen molar-refractivity contribution in [3.8, 4) is 0 Å². The van der Waals surface area contributed by atoms with Gasteiger partial charge in [-0.15, -0.1) is 0 Å². The molecule has 0 aromatic carbocycles. The van der Waals surface area contributed by atoms with E-state index in [-0.39, 0.29) is 23.5 Å². The molecule has 3 heterocycles. The summed E-state index contributed by atoms with van der Waals surface area (Å²) in [7, 11) is 0. The summed E-state index contributed by atoms with van der Waals surface area (Å²) in [6, 6.07) is 1.82. The summed E-state index contributed by atoms with van der Waals surface area (Å²) < 4.78 is 17.0. The van der Waals surface area contributed by atoms with Gasteiger partial charge in [0, 0.05) is 17.4 Å². The van der Waals surface area contributed by atoms with Crippen molar-refractivity contribution in [2.24, 2.45) is 16.2 Å². The average molecular weight is 342 g/mol. The highest BCUT2D eigenvalue weighted by atomic mass is 16.6. The SMILES string of the molecule is C=C1CCC2(C)C3(C)CCC2(OC3=O)C12CC(c1ccoc1)OC2=O. The number of furan rings is 1. The number of esters is 2. The Balaban J connectivity index is 1.69. The molecule has 2 aliphatic heterocycles. The molecule has 0 N–H and O–H groups in total. The van der Waals surface area contributed by atoms with Gasteiger partial charge in [0.2, 0.25) is 0 Å². The third-order valence-corrected chi connectivity index (χ3v) is 8.03. The molecule has 5 rings (SSSR count). The van der Waals surface area contributed by atoms with Crippen LogP contribution < -0.4 is 0 Å². The molecule has 0 radical (unpaired) electrons. The van der Waals surface area contributed by atoms with Crippen molar-refractivity contribution in [3.63, 3.8) is 0 Å². The minimum Gasteiger partial charge on any atom is -0.472 e. The fourth-order valence-electron chi connectivity index (χ4n) is 6.23. The van der Waals surface area contributed by atoms with Gasteiger partial charge in [-0.05, 0) is 38.7 Å². The zero-order chi connectivity index (χ0) is 17.7. The summed E-state index contributed by atoms with van der Waals surface area (Å²) in [5.41, 5.74) is -1.01. The van der Waals surface area contributed by atoms with Crippen molar-refractivity contribution in [1.29, 1.82) is 0 Å². The van der Waals surface area contributed by atoms with Crippen molar-refractivity contribution in [2.75, 3.05) is 0 Å². The molecule has 2 aliphatic carbocycles. The number of hydrogen-bond donors (Lipinski definition) is 0. The summed E-state index contributed by atoms with van der Waals surface area (Å²) in [5, 5.41) is 0. The van der Waals surface area contributed by atoms with E-state index in [0.29, 0.717) is 12.8 Å². The first-order chi connectivity index (χ1) is 11.8. The maximum absolute atomic E-state index is 13.2. The van der Waals surface area contributed by atoms with E-state index < -0.39 is 16.4 Å². The molecule has 132 valence electrons. The van der Waals surface area contributed by atoms with Crippen LogP contribution >= 0.6 is 0 Å². The van der Waals surface area contributed by atoms with Crippen LogP contribution in [0.2, 0.25) is 0 Å². The van der Waals surface area contributed by atoms with E-state index in [2.05, 4.69) is 13.5 Å². The molecule has 5 heteroatoms. The van der Waals surface area contributed by atoms with E-state index in [1.807, 2.05) is 13.0 Å². The second-order valence-electron chi connectivity index (χ2n) is 8.54. The average Bonchev–Trinajstić information content (AvgIpc) is 3.29. The second kappa shape index (κ2) is 4.19. The van der Waals surface area contributed by atoms with Crippen LogP contribution in [0.1, 0.15) is 57.6 Å². The molecule has 5 atom stereocenters. The van der Waals surface area contributed by atoms with Gasteiger partial charge in [0.05, 0.1) is 17.9 Å². The first-order valence-corrected chi connectivity index (χ1v) is 8.96. The maximum Gasteiger partial charge on any atom is 0.321 e. The molecule has 25 heavy (non-hydrogen) atoms. The molecule has 0 amide bonds.